The number of anilines is 1. The van der Waals surface area contributed by atoms with Crippen molar-refractivity contribution < 1.29 is 14.0 Å². The molecule has 0 radical (unpaired) electrons. The van der Waals surface area contributed by atoms with E-state index in [2.05, 4.69) is 34.8 Å². The van der Waals surface area contributed by atoms with E-state index in [9.17, 15) is 14.0 Å². The average Bonchev–Trinajstić information content (AvgIpc) is 2.87. The van der Waals surface area contributed by atoms with E-state index in [4.69, 9.17) is 5.73 Å². The zero-order chi connectivity index (χ0) is 25.9. The highest BCUT2D eigenvalue weighted by Crippen LogP contribution is 2.09. The van der Waals surface area contributed by atoms with Crippen molar-refractivity contribution in [2.24, 2.45) is 5.92 Å². The van der Waals surface area contributed by atoms with Gasteiger partial charge in [0.1, 0.15) is 17.7 Å². The van der Waals surface area contributed by atoms with Crippen molar-refractivity contribution >= 4 is 17.6 Å². The standard InChI is InChI=1S/C28H34FN5O2/c1-19(2)16-31-24(14-20-6-4-3-5-7-20)28(36)34-25(15-21-8-11-23(29)12-9-21)27(35)33-18-22-10-13-26(30)32-17-22/h3-13,17,19,24-25,31H,14-16,18H2,1-2H3,(H2,30,32)(H,33,35)(H,34,36)/t24-,25-/m0/s1. The number of amides is 2. The molecule has 2 amide bonds. The molecule has 0 saturated carbocycles. The smallest absolute Gasteiger partial charge is 0.243 e. The van der Waals surface area contributed by atoms with Gasteiger partial charge in [-0.1, -0.05) is 62.4 Å². The Morgan fingerprint density at radius 1 is 0.861 bits per heavy atom. The first-order chi connectivity index (χ1) is 17.3. The second-order valence-electron chi connectivity index (χ2n) is 9.25. The second-order valence-corrected chi connectivity index (χ2v) is 9.25. The van der Waals surface area contributed by atoms with Gasteiger partial charge in [0.25, 0.3) is 0 Å². The fourth-order valence-electron chi connectivity index (χ4n) is 3.68. The number of benzene rings is 2. The number of carbonyl (C=O) groups is 2. The molecule has 1 aromatic heterocycles. The quantitative estimate of drug-likeness (QED) is 0.311. The number of nitrogen functional groups attached to an aromatic ring is 1. The third kappa shape index (κ3) is 8.78. The van der Waals surface area contributed by atoms with Gasteiger partial charge in [0.2, 0.25) is 11.8 Å². The number of aromatic nitrogens is 1. The van der Waals surface area contributed by atoms with Crippen molar-refractivity contribution in [3.63, 3.8) is 0 Å². The molecule has 7 nitrogen and oxygen atoms in total. The summed E-state index contributed by atoms with van der Waals surface area (Å²) in [6.45, 7) is 5.04. The highest BCUT2D eigenvalue weighted by Gasteiger charge is 2.26. The Morgan fingerprint density at radius 3 is 2.14 bits per heavy atom. The third-order valence-corrected chi connectivity index (χ3v) is 5.67. The van der Waals surface area contributed by atoms with Gasteiger partial charge in [0, 0.05) is 19.2 Å². The summed E-state index contributed by atoms with van der Waals surface area (Å²) in [7, 11) is 0. The van der Waals surface area contributed by atoms with Crippen molar-refractivity contribution in [2.45, 2.75) is 45.3 Å². The zero-order valence-electron chi connectivity index (χ0n) is 20.7. The molecule has 0 saturated heterocycles. The van der Waals surface area contributed by atoms with E-state index in [1.807, 2.05) is 30.3 Å². The van der Waals surface area contributed by atoms with E-state index in [-0.39, 0.29) is 30.6 Å². The molecular weight excluding hydrogens is 457 g/mol. The topological polar surface area (TPSA) is 109 Å². The lowest BCUT2D eigenvalue weighted by atomic mass is 10.0. The molecule has 8 heteroatoms. The summed E-state index contributed by atoms with van der Waals surface area (Å²) < 4.78 is 13.4. The van der Waals surface area contributed by atoms with Gasteiger partial charge in [-0.05, 0) is 53.8 Å². The van der Waals surface area contributed by atoms with Gasteiger partial charge in [-0.25, -0.2) is 9.37 Å². The molecule has 0 fully saturated rings. The zero-order valence-corrected chi connectivity index (χ0v) is 20.7. The third-order valence-electron chi connectivity index (χ3n) is 5.67. The molecule has 0 aliphatic carbocycles. The van der Waals surface area contributed by atoms with E-state index in [1.54, 1.807) is 30.5 Å². The van der Waals surface area contributed by atoms with E-state index in [0.29, 0.717) is 24.7 Å². The molecule has 1 heterocycles. The summed E-state index contributed by atoms with van der Waals surface area (Å²) >= 11 is 0. The molecule has 0 unspecified atom stereocenters. The number of halogens is 1. The molecule has 0 aliphatic heterocycles. The van der Waals surface area contributed by atoms with E-state index in [1.165, 1.54) is 12.1 Å². The van der Waals surface area contributed by atoms with Crippen LogP contribution in [0.3, 0.4) is 0 Å². The van der Waals surface area contributed by atoms with Crippen LogP contribution < -0.4 is 21.7 Å². The van der Waals surface area contributed by atoms with Crippen molar-refractivity contribution in [3.8, 4) is 0 Å². The van der Waals surface area contributed by atoms with Crippen LogP contribution in [0.15, 0.2) is 72.9 Å². The number of hydrogen-bond donors (Lipinski definition) is 4. The Bertz CT molecular complexity index is 1110. The Labute approximate surface area is 211 Å². The van der Waals surface area contributed by atoms with Gasteiger partial charge in [0.05, 0.1) is 6.04 Å². The van der Waals surface area contributed by atoms with Crippen LogP contribution >= 0.6 is 0 Å². The predicted octanol–water partition coefficient (Wildman–Crippen LogP) is 3.00. The molecule has 0 bridgehead atoms. The van der Waals surface area contributed by atoms with Crippen LogP contribution in [0.5, 0.6) is 0 Å². The minimum Gasteiger partial charge on any atom is -0.384 e. The molecule has 2 atom stereocenters. The highest BCUT2D eigenvalue weighted by atomic mass is 19.1. The van der Waals surface area contributed by atoms with Crippen LogP contribution in [0.2, 0.25) is 0 Å². The number of rotatable bonds is 12. The maximum absolute atomic E-state index is 13.4. The van der Waals surface area contributed by atoms with Crippen LogP contribution in [0.1, 0.15) is 30.5 Å². The summed E-state index contributed by atoms with van der Waals surface area (Å²) in [5.41, 5.74) is 8.17. The number of nitrogens with zero attached hydrogens (tertiary/aromatic N) is 1. The van der Waals surface area contributed by atoms with Crippen LogP contribution in [0, 0.1) is 11.7 Å². The first-order valence-corrected chi connectivity index (χ1v) is 12.1. The fourth-order valence-corrected chi connectivity index (χ4v) is 3.68. The largest absolute Gasteiger partial charge is 0.384 e. The lowest BCUT2D eigenvalue weighted by Crippen LogP contribution is -2.54. The molecule has 3 rings (SSSR count). The van der Waals surface area contributed by atoms with Gasteiger partial charge >= 0.3 is 0 Å². The van der Waals surface area contributed by atoms with Crippen molar-refractivity contribution in [3.05, 3.63) is 95.4 Å². The number of carbonyl (C=O) groups excluding carboxylic acids is 2. The van der Waals surface area contributed by atoms with E-state index in [0.717, 1.165) is 16.7 Å². The fraction of sp³-hybridized carbons (Fsp3) is 0.321. The van der Waals surface area contributed by atoms with Crippen LogP contribution in [0.4, 0.5) is 10.2 Å². The Morgan fingerprint density at radius 2 is 1.50 bits per heavy atom. The molecular formula is C28H34FN5O2. The Hall–Kier alpha value is -3.78. The number of pyridine rings is 1. The van der Waals surface area contributed by atoms with Crippen molar-refractivity contribution in [1.82, 2.24) is 20.9 Å². The number of nitrogens with one attached hydrogen (secondary N) is 3. The van der Waals surface area contributed by atoms with Gasteiger partial charge in [-0.3, -0.25) is 9.59 Å². The highest BCUT2D eigenvalue weighted by molar-refractivity contribution is 5.90. The summed E-state index contributed by atoms with van der Waals surface area (Å²) in [6.07, 6.45) is 2.30. The first-order valence-electron chi connectivity index (χ1n) is 12.1. The Kier molecular flexibility index (Phi) is 9.94. The predicted molar refractivity (Wildman–Crippen MR) is 139 cm³/mol. The summed E-state index contributed by atoms with van der Waals surface area (Å²) in [6, 6.07) is 17.7. The van der Waals surface area contributed by atoms with Gasteiger partial charge in [-0.15, -0.1) is 0 Å². The molecule has 36 heavy (non-hydrogen) atoms. The maximum atomic E-state index is 13.4. The van der Waals surface area contributed by atoms with Crippen LogP contribution in [-0.4, -0.2) is 35.4 Å². The molecule has 190 valence electrons. The maximum Gasteiger partial charge on any atom is 0.243 e. The Balaban J connectivity index is 1.74. The van der Waals surface area contributed by atoms with E-state index < -0.39 is 12.1 Å². The molecule has 5 N–H and O–H groups in total. The first kappa shape index (κ1) is 26.8. The lowest BCUT2D eigenvalue weighted by molar-refractivity contribution is -0.130. The monoisotopic (exact) mass is 491 g/mol. The molecule has 0 aliphatic rings. The van der Waals surface area contributed by atoms with Crippen LogP contribution in [-0.2, 0) is 29.0 Å². The van der Waals surface area contributed by atoms with Gasteiger partial charge in [0.15, 0.2) is 0 Å². The molecule has 0 spiro atoms. The van der Waals surface area contributed by atoms with Crippen molar-refractivity contribution in [1.29, 1.82) is 0 Å². The average molecular weight is 492 g/mol. The number of hydrogen-bond acceptors (Lipinski definition) is 5. The van der Waals surface area contributed by atoms with Gasteiger partial charge < -0.3 is 21.7 Å². The number of nitrogens with two attached hydrogens (primary N) is 1. The van der Waals surface area contributed by atoms with Gasteiger partial charge in [-0.2, -0.15) is 0 Å². The van der Waals surface area contributed by atoms with Crippen molar-refractivity contribution in [2.75, 3.05) is 12.3 Å². The minimum atomic E-state index is -0.844. The lowest BCUT2D eigenvalue weighted by Gasteiger charge is -2.24. The molecule has 2 aromatic carbocycles. The normalized spacial score (nSPS) is 12.7. The second kappa shape index (κ2) is 13.3. The SMILES string of the molecule is CC(C)CN[C@@H](Cc1ccccc1)C(=O)N[C@@H](Cc1ccc(F)cc1)C(=O)NCc1ccc(N)nc1. The summed E-state index contributed by atoms with van der Waals surface area (Å²) in [4.78, 5) is 30.6. The summed E-state index contributed by atoms with van der Waals surface area (Å²) in [5, 5.41) is 9.12. The summed E-state index contributed by atoms with van der Waals surface area (Å²) in [5.74, 6) is -0.226. The minimum absolute atomic E-state index is 0.222. The van der Waals surface area contributed by atoms with E-state index >= 15 is 0 Å². The molecule has 3 aromatic rings. The van der Waals surface area contributed by atoms with Crippen LogP contribution in [0.25, 0.3) is 0 Å².